The maximum absolute atomic E-state index is 12.0. The molecular formula is C14H20N4OS2. The average molecular weight is 324 g/mol. The van der Waals surface area contributed by atoms with Crippen LogP contribution in [0.5, 0.6) is 0 Å². The van der Waals surface area contributed by atoms with Gasteiger partial charge >= 0.3 is 0 Å². The summed E-state index contributed by atoms with van der Waals surface area (Å²) in [6.07, 6.45) is 0.865. The normalized spacial score (nSPS) is 13.9. The van der Waals surface area contributed by atoms with E-state index in [1.165, 1.54) is 11.3 Å². The number of hydrogen-bond acceptors (Lipinski definition) is 6. The lowest BCUT2D eigenvalue weighted by molar-refractivity contribution is -0.115. The van der Waals surface area contributed by atoms with E-state index in [9.17, 15) is 4.79 Å². The molecule has 0 radical (unpaired) electrons. The molecule has 0 fully saturated rings. The van der Waals surface area contributed by atoms with Crippen molar-refractivity contribution in [1.29, 1.82) is 0 Å². The van der Waals surface area contributed by atoms with Gasteiger partial charge in [-0.3, -0.25) is 10.1 Å². The van der Waals surface area contributed by atoms with Crippen LogP contribution in [0.2, 0.25) is 0 Å². The fourth-order valence-corrected chi connectivity index (χ4v) is 3.52. The van der Waals surface area contributed by atoms with Crippen LogP contribution in [0, 0.1) is 13.8 Å². The van der Waals surface area contributed by atoms with E-state index in [2.05, 4.69) is 34.4 Å². The number of amides is 1. The van der Waals surface area contributed by atoms with Crippen molar-refractivity contribution < 1.29 is 4.79 Å². The molecule has 0 bridgehead atoms. The Hall–Kier alpha value is -1.31. The van der Waals surface area contributed by atoms with E-state index in [1.807, 2.05) is 24.6 Å². The Kier molecular flexibility index (Phi) is 5.08. The Bertz CT molecular complexity index is 622. The maximum atomic E-state index is 12.0. The second-order valence-corrected chi connectivity index (χ2v) is 6.89. The summed E-state index contributed by atoms with van der Waals surface area (Å²) in [5.41, 5.74) is 1.65. The molecule has 7 heteroatoms. The Balaban J connectivity index is 1.95. The molecule has 2 rings (SSSR count). The Morgan fingerprint density at radius 2 is 1.90 bits per heavy atom. The van der Waals surface area contributed by atoms with E-state index in [4.69, 9.17) is 0 Å². The van der Waals surface area contributed by atoms with Crippen molar-refractivity contribution in [1.82, 2.24) is 15.3 Å². The number of anilines is 1. The molecule has 0 aliphatic heterocycles. The van der Waals surface area contributed by atoms with Gasteiger partial charge in [-0.25, -0.2) is 9.97 Å². The van der Waals surface area contributed by atoms with E-state index in [-0.39, 0.29) is 18.0 Å². The SMILES string of the molecule is CC[C@](C)(NCC(=O)Nc1nc(C)cs1)c1nc(C)cs1. The molecule has 0 aliphatic rings. The van der Waals surface area contributed by atoms with E-state index in [0.717, 1.165) is 22.8 Å². The molecule has 0 spiro atoms. The number of aromatic nitrogens is 2. The second kappa shape index (κ2) is 6.64. The molecule has 2 heterocycles. The van der Waals surface area contributed by atoms with Gasteiger partial charge in [-0.15, -0.1) is 22.7 Å². The van der Waals surface area contributed by atoms with Crippen molar-refractivity contribution in [2.24, 2.45) is 0 Å². The average Bonchev–Trinajstić information content (AvgIpc) is 3.05. The molecule has 2 aromatic rings. The zero-order valence-electron chi connectivity index (χ0n) is 12.7. The number of carbonyl (C=O) groups is 1. The first-order valence-corrected chi connectivity index (χ1v) is 8.58. The lowest BCUT2D eigenvalue weighted by Crippen LogP contribution is -2.43. The molecule has 21 heavy (non-hydrogen) atoms. The maximum Gasteiger partial charge on any atom is 0.240 e. The van der Waals surface area contributed by atoms with Crippen molar-refractivity contribution in [3.63, 3.8) is 0 Å². The standard InChI is InChI=1S/C14H20N4OS2/c1-5-14(4,12-16-9(2)7-20-12)15-6-11(19)18-13-17-10(3)8-21-13/h7-8,15H,5-6H2,1-4H3,(H,17,18,19)/t14-/m0/s1. The van der Waals surface area contributed by atoms with Crippen molar-refractivity contribution in [3.8, 4) is 0 Å². The van der Waals surface area contributed by atoms with Crippen molar-refractivity contribution in [2.75, 3.05) is 11.9 Å². The number of thiazole rings is 2. The summed E-state index contributed by atoms with van der Waals surface area (Å²) < 4.78 is 0. The Morgan fingerprint density at radius 3 is 2.43 bits per heavy atom. The van der Waals surface area contributed by atoms with Crippen LogP contribution in [0.15, 0.2) is 10.8 Å². The number of hydrogen-bond donors (Lipinski definition) is 2. The molecule has 1 atom stereocenters. The van der Waals surface area contributed by atoms with E-state index >= 15 is 0 Å². The summed E-state index contributed by atoms with van der Waals surface area (Å²) in [5, 5.41) is 11.7. The molecule has 2 aromatic heterocycles. The van der Waals surface area contributed by atoms with Gasteiger partial charge in [0.05, 0.1) is 17.8 Å². The molecule has 1 amide bonds. The third kappa shape index (κ3) is 4.09. The third-order valence-corrected chi connectivity index (χ3v) is 5.40. The van der Waals surface area contributed by atoms with Gasteiger partial charge in [-0.1, -0.05) is 6.92 Å². The smallest absolute Gasteiger partial charge is 0.240 e. The first-order valence-electron chi connectivity index (χ1n) is 6.82. The summed E-state index contributed by atoms with van der Waals surface area (Å²) in [5.74, 6) is -0.0858. The van der Waals surface area contributed by atoms with Crippen LogP contribution in [-0.2, 0) is 10.3 Å². The van der Waals surface area contributed by atoms with E-state index < -0.39 is 0 Å². The number of rotatable bonds is 6. The Labute approximate surface area is 132 Å². The zero-order valence-corrected chi connectivity index (χ0v) is 14.3. The molecular weight excluding hydrogens is 304 g/mol. The summed E-state index contributed by atoms with van der Waals surface area (Å²) >= 11 is 3.06. The van der Waals surface area contributed by atoms with Gasteiger partial charge in [0.15, 0.2) is 5.13 Å². The predicted molar refractivity (Wildman–Crippen MR) is 88.0 cm³/mol. The summed E-state index contributed by atoms with van der Waals surface area (Å²) in [4.78, 5) is 20.8. The largest absolute Gasteiger partial charge is 0.301 e. The van der Waals surface area contributed by atoms with Crippen LogP contribution in [0.4, 0.5) is 5.13 Å². The van der Waals surface area contributed by atoms with Crippen molar-refractivity contribution in [3.05, 3.63) is 27.2 Å². The van der Waals surface area contributed by atoms with Crippen LogP contribution in [0.3, 0.4) is 0 Å². The van der Waals surface area contributed by atoms with Crippen LogP contribution in [0.1, 0.15) is 36.7 Å². The molecule has 0 aliphatic carbocycles. The minimum absolute atomic E-state index is 0.0858. The fourth-order valence-electron chi connectivity index (χ4n) is 1.81. The van der Waals surface area contributed by atoms with Crippen LogP contribution in [-0.4, -0.2) is 22.4 Å². The monoisotopic (exact) mass is 324 g/mol. The highest BCUT2D eigenvalue weighted by Gasteiger charge is 2.28. The lowest BCUT2D eigenvalue weighted by atomic mass is 10.00. The highest BCUT2D eigenvalue weighted by molar-refractivity contribution is 7.13. The van der Waals surface area contributed by atoms with Gasteiger partial charge in [0.2, 0.25) is 5.91 Å². The van der Waals surface area contributed by atoms with Gasteiger partial charge in [0, 0.05) is 16.5 Å². The molecule has 0 aromatic carbocycles. The third-order valence-electron chi connectivity index (χ3n) is 3.30. The molecule has 114 valence electrons. The van der Waals surface area contributed by atoms with Crippen LogP contribution >= 0.6 is 22.7 Å². The zero-order chi connectivity index (χ0) is 15.5. The van der Waals surface area contributed by atoms with Gasteiger partial charge in [-0.2, -0.15) is 0 Å². The summed E-state index contributed by atoms with van der Waals surface area (Å²) in [7, 11) is 0. The first-order chi connectivity index (χ1) is 9.93. The minimum Gasteiger partial charge on any atom is -0.301 e. The van der Waals surface area contributed by atoms with Crippen LogP contribution in [0.25, 0.3) is 0 Å². The highest BCUT2D eigenvalue weighted by atomic mass is 32.1. The van der Waals surface area contributed by atoms with Crippen LogP contribution < -0.4 is 10.6 Å². The highest BCUT2D eigenvalue weighted by Crippen LogP contribution is 2.27. The summed E-state index contributed by atoms with van der Waals surface area (Å²) in [6, 6.07) is 0. The van der Waals surface area contributed by atoms with E-state index in [0.29, 0.717) is 5.13 Å². The number of aryl methyl sites for hydroxylation is 2. The van der Waals surface area contributed by atoms with Gasteiger partial charge in [0.25, 0.3) is 0 Å². The predicted octanol–water partition coefficient (Wildman–Crippen LogP) is 3.07. The Morgan fingerprint density at radius 1 is 1.24 bits per heavy atom. The molecule has 5 nitrogen and oxygen atoms in total. The number of carbonyl (C=O) groups excluding carboxylic acids is 1. The van der Waals surface area contributed by atoms with Gasteiger partial charge < -0.3 is 5.32 Å². The summed E-state index contributed by atoms with van der Waals surface area (Å²) in [6.45, 7) is 8.29. The first kappa shape index (κ1) is 16.1. The minimum atomic E-state index is -0.283. The van der Waals surface area contributed by atoms with Crippen molar-refractivity contribution in [2.45, 2.75) is 39.7 Å². The van der Waals surface area contributed by atoms with E-state index in [1.54, 1.807) is 11.3 Å². The van der Waals surface area contributed by atoms with Gasteiger partial charge in [0.1, 0.15) is 5.01 Å². The molecule has 0 saturated carbocycles. The van der Waals surface area contributed by atoms with Crippen molar-refractivity contribution >= 4 is 33.7 Å². The second-order valence-electron chi connectivity index (χ2n) is 5.18. The lowest BCUT2D eigenvalue weighted by Gasteiger charge is -2.27. The topological polar surface area (TPSA) is 66.9 Å². The molecule has 2 N–H and O–H groups in total. The quantitative estimate of drug-likeness (QED) is 0.857. The number of nitrogens with zero attached hydrogens (tertiary/aromatic N) is 2. The fraction of sp³-hybridized carbons (Fsp3) is 0.500. The number of nitrogens with one attached hydrogen (secondary N) is 2. The van der Waals surface area contributed by atoms with Gasteiger partial charge in [-0.05, 0) is 27.2 Å². The molecule has 0 saturated heterocycles. The molecule has 0 unspecified atom stereocenters.